The van der Waals surface area contributed by atoms with Gasteiger partial charge in [-0.2, -0.15) is 4.31 Å². The molecule has 2 fully saturated rings. The highest BCUT2D eigenvalue weighted by Crippen LogP contribution is 2.26. The van der Waals surface area contributed by atoms with Gasteiger partial charge < -0.3 is 14.7 Å². The summed E-state index contributed by atoms with van der Waals surface area (Å²) in [5.74, 6) is 0.758. The van der Waals surface area contributed by atoms with Crippen LogP contribution in [0.5, 0.6) is 0 Å². The van der Waals surface area contributed by atoms with Crippen LogP contribution in [0.15, 0.2) is 21.8 Å². The van der Waals surface area contributed by atoms with E-state index >= 15 is 0 Å². The first-order valence-corrected chi connectivity index (χ1v) is 11.8. The molecular weight excluding hydrogens is 380 g/mol. The van der Waals surface area contributed by atoms with E-state index in [1.54, 1.807) is 6.07 Å². The molecule has 158 valence electrons. The normalized spacial score (nSPS) is 19.4. The number of sulfonamides is 1. The standard InChI is InChI=1S/C18H32N6O3S/c1-3-19-18(20-8-9-22(4-2)17-5-6-17)23-10-12-24(13-11-23)28(25,26)15-16-7-14-27-21-16/h7,14,17H,3-6,8-13,15H2,1-2H3,(H,19,20). The summed E-state index contributed by atoms with van der Waals surface area (Å²) in [6.45, 7) is 10.0. The number of aliphatic imine (C=N–C) groups is 1. The molecule has 2 aliphatic rings. The SMILES string of the molecule is CCNC(=NCCN(CC)C1CC1)N1CCN(S(=O)(=O)Cc2ccon2)CC1. The predicted molar refractivity (Wildman–Crippen MR) is 109 cm³/mol. The van der Waals surface area contributed by atoms with Crippen molar-refractivity contribution in [2.45, 2.75) is 38.5 Å². The summed E-state index contributed by atoms with van der Waals surface area (Å²) < 4.78 is 31.4. The van der Waals surface area contributed by atoms with Crippen LogP contribution in [0.3, 0.4) is 0 Å². The summed E-state index contributed by atoms with van der Waals surface area (Å²) >= 11 is 0. The van der Waals surface area contributed by atoms with Gasteiger partial charge in [0.1, 0.15) is 12.0 Å². The maximum Gasteiger partial charge on any atom is 0.220 e. The fourth-order valence-corrected chi connectivity index (χ4v) is 4.94. The second-order valence-electron chi connectivity index (χ2n) is 7.23. The van der Waals surface area contributed by atoms with Crippen molar-refractivity contribution >= 4 is 16.0 Å². The third kappa shape index (κ3) is 5.68. The Hall–Kier alpha value is -1.65. The molecule has 1 saturated heterocycles. The van der Waals surface area contributed by atoms with E-state index in [1.807, 2.05) is 0 Å². The molecular formula is C18H32N6O3S. The number of nitrogens with zero attached hydrogens (tertiary/aromatic N) is 5. The van der Waals surface area contributed by atoms with E-state index in [-0.39, 0.29) is 5.75 Å². The van der Waals surface area contributed by atoms with Crippen LogP contribution in [0.1, 0.15) is 32.4 Å². The molecule has 0 radical (unpaired) electrons. The third-order valence-corrected chi connectivity index (χ3v) is 7.02. The minimum Gasteiger partial charge on any atom is -0.364 e. The van der Waals surface area contributed by atoms with E-state index in [2.05, 4.69) is 34.1 Å². The van der Waals surface area contributed by atoms with E-state index < -0.39 is 10.0 Å². The zero-order valence-electron chi connectivity index (χ0n) is 16.9. The molecule has 2 heterocycles. The van der Waals surface area contributed by atoms with E-state index in [0.717, 1.165) is 38.2 Å². The average molecular weight is 413 g/mol. The number of piperazine rings is 1. The van der Waals surface area contributed by atoms with E-state index in [1.165, 1.54) is 23.4 Å². The molecule has 3 rings (SSSR count). The molecule has 0 amide bonds. The minimum atomic E-state index is -3.38. The van der Waals surface area contributed by atoms with Crippen molar-refractivity contribution in [3.63, 3.8) is 0 Å². The lowest BCUT2D eigenvalue weighted by molar-refractivity contribution is 0.258. The molecule has 1 aromatic heterocycles. The van der Waals surface area contributed by atoms with Gasteiger partial charge in [0.25, 0.3) is 0 Å². The van der Waals surface area contributed by atoms with Crippen LogP contribution in [-0.4, -0.2) is 92.0 Å². The van der Waals surface area contributed by atoms with Crippen LogP contribution in [0.4, 0.5) is 0 Å². The first-order valence-electron chi connectivity index (χ1n) is 10.2. The van der Waals surface area contributed by atoms with Crippen LogP contribution in [0, 0.1) is 0 Å². The quantitative estimate of drug-likeness (QED) is 0.468. The topological polar surface area (TPSA) is 94.3 Å². The minimum absolute atomic E-state index is 0.119. The zero-order valence-corrected chi connectivity index (χ0v) is 17.7. The summed E-state index contributed by atoms with van der Waals surface area (Å²) in [6.07, 6.45) is 4.01. The maximum absolute atomic E-state index is 12.6. The predicted octanol–water partition coefficient (Wildman–Crippen LogP) is 0.572. The maximum atomic E-state index is 12.6. The van der Waals surface area contributed by atoms with Gasteiger partial charge in [0.15, 0.2) is 5.96 Å². The van der Waals surface area contributed by atoms with Crippen LogP contribution in [0.2, 0.25) is 0 Å². The zero-order chi connectivity index (χ0) is 20.0. The molecule has 9 nitrogen and oxygen atoms in total. The molecule has 0 unspecified atom stereocenters. The Morgan fingerprint density at radius 2 is 2.07 bits per heavy atom. The van der Waals surface area contributed by atoms with Gasteiger partial charge in [-0.15, -0.1) is 0 Å². The average Bonchev–Trinajstić information content (AvgIpc) is 3.41. The Kier molecular flexibility index (Phi) is 7.30. The fraction of sp³-hybridized carbons (Fsp3) is 0.778. The Bertz CT molecular complexity index is 725. The van der Waals surface area contributed by atoms with Gasteiger partial charge in [0.05, 0.1) is 12.2 Å². The van der Waals surface area contributed by atoms with Gasteiger partial charge in [0, 0.05) is 51.4 Å². The Labute approximate surface area is 167 Å². The second-order valence-corrected chi connectivity index (χ2v) is 9.20. The molecule has 0 atom stereocenters. The molecule has 1 aliphatic heterocycles. The third-order valence-electron chi connectivity index (χ3n) is 5.21. The molecule has 1 aromatic rings. The van der Waals surface area contributed by atoms with Crippen molar-refractivity contribution in [2.24, 2.45) is 4.99 Å². The molecule has 0 spiro atoms. The number of rotatable bonds is 9. The summed E-state index contributed by atoms with van der Waals surface area (Å²) in [5, 5.41) is 7.06. The van der Waals surface area contributed by atoms with Crippen molar-refractivity contribution in [1.82, 2.24) is 24.6 Å². The highest BCUT2D eigenvalue weighted by Gasteiger charge is 2.29. The largest absolute Gasteiger partial charge is 0.364 e. The lowest BCUT2D eigenvalue weighted by atomic mass is 10.4. The molecule has 1 aliphatic carbocycles. The molecule has 10 heteroatoms. The summed E-state index contributed by atoms with van der Waals surface area (Å²) in [6, 6.07) is 2.34. The Morgan fingerprint density at radius 1 is 1.32 bits per heavy atom. The van der Waals surface area contributed by atoms with Gasteiger partial charge in [-0.1, -0.05) is 12.1 Å². The monoisotopic (exact) mass is 412 g/mol. The van der Waals surface area contributed by atoms with Crippen LogP contribution >= 0.6 is 0 Å². The van der Waals surface area contributed by atoms with Gasteiger partial charge in [-0.3, -0.25) is 9.89 Å². The highest BCUT2D eigenvalue weighted by atomic mass is 32.2. The number of nitrogens with one attached hydrogen (secondary N) is 1. The van der Waals surface area contributed by atoms with Gasteiger partial charge >= 0.3 is 0 Å². The lowest BCUT2D eigenvalue weighted by Crippen LogP contribution is -2.54. The van der Waals surface area contributed by atoms with Crippen molar-refractivity contribution in [1.29, 1.82) is 0 Å². The molecule has 1 N–H and O–H groups in total. The summed E-state index contributed by atoms with van der Waals surface area (Å²) in [5.41, 5.74) is 0.438. The second kappa shape index (κ2) is 9.71. The Morgan fingerprint density at radius 3 is 2.64 bits per heavy atom. The van der Waals surface area contributed by atoms with Crippen LogP contribution in [-0.2, 0) is 15.8 Å². The van der Waals surface area contributed by atoms with Crippen molar-refractivity contribution in [2.75, 3.05) is 52.4 Å². The number of hydrogen-bond donors (Lipinski definition) is 1. The van der Waals surface area contributed by atoms with E-state index in [9.17, 15) is 8.42 Å². The molecule has 1 saturated carbocycles. The van der Waals surface area contributed by atoms with Gasteiger partial charge in [0.2, 0.25) is 10.0 Å². The number of hydrogen-bond acceptors (Lipinski definition) is 6. The van der Waals surface area contributed by atoms with Crippen molar-refractivity contribution in [3.8, 4) is 0 Å². The van der Waals surface area contributed by atoms with Gasteiger partial charge in [-0.25, -0.2) is 8.42 Å². The van der Waals surface area contributed by atoms with E-state index in [0.29, 0.717) is 31.9 Å². The summed E-state index contributed by atoms with van der Waals surface area (Å²) in [4.78, 5) is 9.42. The van der Waals surface area contributed by atoms with Crippen LogP contribution in [0.25, 0.3) is 0 Å². The van der Waals surface area contributed by atoms with Crippen molar-refractivity contribution in [3.05, 3.63) is 18.0 Å². The first kappa shape index (κ1) is 21.1. The first-order chi connectivity index (χ1) is 13.5. The summed E-state index contributed by atoms with van der Waals surface area (Å²) in [7, 11) is -3.38. The lowest BCUT2D eigenvalue weighted by Gasteiger charge is -2.35. The number of aromatic nitrogens is 1. The van der Waals surface area contributed by atoms with Crippen molar-refractivity contribution < 1.29 is 12.9 Å². The van der Waals surface area contributed by atoms with Gasteiger partial charge in [-0.05, 0) is 26.3 Å². The fourth-order valence-electron chi connectivity index (χ4n) is 3.52. The Balaban J connectivity index is 1.52. The highest BCUT2D eigenvalue weighted by molar-refractivity contribution is 7.88. The number of guanidine groups is 1. The van der Waals surface area contributed by atoms with E-state index in [4.69, 9.17) is 9.52 Å². The smallest absolute Gasteiger partial charge is 0.220 e. The molecule has 0 aromatic carbocycles. The molecule has 0 bridgehead atoms. The molecule has 28 heavy (non-hydrogen) atoms. The van der Waals surface area contributed by atoms with Crippen LogP contribution < -0.4 is 5.32 Å². The number of likely N-dealkylation sites (N-methyl/N-ethyl adjacent to an activating group) is 1.